The molecule has 0 radical (unpaired) electrons. The zero-order valence-electron chi connectivity index (χ0n) is 14.7. The van der Waals surface area contributed by atoms with Crippen LogP contribution < -0.4 is 20.1 Å². The van der Waals surface area contributed by atoms with Gasteiger partial charge in [-0.05, 0) is 36.1 Å². The van der Waals surface area contributed by atoms with Crippen molar-refractivity contribution in [2.24, 2.45) is 0 Å². The summed E-state index contributed by atoms with van der Waals surface area (Å²) < 4.78 is 10.5. The molecule has 3 rings (SSSR count). The van der Waals surface area contributed by atoms with Gasteiger partial charge in [0.1, 0.15) is 0 Å². The van der Waals surface area contributed by atoms with Crippen molar-refractivity contribution in [1.82, 2.24) is 5.32 Å². The molecule has 0 bridgehead atoms. The molecule has 0 unspecified atom stereocenters. The minimum atomic E-state index is -0.287. The van der Waals surface area contributed by atoms with Crippen molar-refractivity contribution in [1.29, 1.82) is 0 Å². The Bertz CT molecular complexity index is 787. The molecule has 6 heteroatoms. The Kier molecular flexibility index (Phi) is 5.73. The van der Waals surface area contributed by atoms with Gasteiger partial charge in [0.05, 0.1) is 6.54 Å². The highest BCUT2D eigenvalue weighted by Crippen LogP contribution is 2.34. The Hall–Kier alpha value is -3.02. The maximum absolute atomic E-state index is 12.0. The first-order chi connectivity index (χ1) is 12.6. The number of fused-ring (bicyclic) bond motifs is 1. The fourth-order valence-corrected chi connectivity index (χ4v) is 2.65. The molecule has 2 amide bonds. The normalized spacial score (nSPS) is 11.9. The third-order valence-corrected chi connectivity index (χ3v) is 4.17. The molecule has 2 aromatic carbocycles. The monoisotopic (exact) mass is 354 g/mol. The summed E-state index contributed by atoms with van der Waals surface area (Å²) in [6.45, 7) is 2.23. The highest BCUT2D eigenvalue weighted by Gasteiger charge is 2.14. The van der Waals surface area contributed by atoms with E-state index in [4.69, 9.17) is 9.47 Å². The average Bonchev–Trinajstić information content (AvgIpc) is 3.13. The molecule has 0 spiro atoms. The van der Waals surface area contributed by atoms with Gasteiger partial charge < -0.3 is 20.1 Å². The average molecular weight is 354 g/mol. The van der Waals surface area contributed by atoms with Gasteiger partial charge in [-0.3, -0.25) is 9.59 Å². The molecule has 0 fully saturated rings. The number of aryl methyl sites for hydroxylation is 2. The summed E-state index contributed by atoms with van der Waals surface area (Å²) in [6, 6.07) is 13.4. The van der Waals surface area contributed by atoms with Crippen molar-refractivity contribution in [3.8, 4) is 11.5 Å². The van der Waals surface area contributed by atoms with Crippen molar-refractivity contribution in [2.75, 3.05) is 18.7 Å². The number of rotatable bonds is 7. The van der Waals surface area contributed by atoms with Crippen LogP contribution in [0.25, 0.3) is 0 Å². The van der Waals surface area contributed by atoms with Crippen LogP contribution in [0.2, 0.25) is 0 Å². The topological polar surface area (TPSA) is 76.7 Å². The van der Waals surface area contributed by atoms with Crippen LogP contribution in [0.5, 0.6) is 11.5 Å². The predicted octanol–water partition coefficient (Wildman–Crippen LogP) is 2.67. The standard InChI is InChI=1S/C20H22N2O4/c1-2-14-3-5-15(6-4-14)7-10-19(23)21-12-20(24)22-16-8-9-17-18(11-16)26-13-25-17/h3-6,8-9,11H,2,7,10,12-13H2,1H3,(H,21,23)(H,22,24). The van der Waals surface area contributed by atoms with Crippen molar-refractivity contribution >= 4 is 17.5 Å². The smallest absolute Gasteiger partial charge is 0.243 e. The first-order valence-corrected chi connectivity index (χ1v) is 8.68. The Labute approximate surface area is 152 Å². The summed E-state index contributed by atoms with van der Waals surface area (Å²) in [5, 5.41) is 5.37. The third-order valence-electron chi connectivity index (χ3n) is 4.17. The summed E-state index contributed by atoms with van der Waals surface area (Å²) in [5.74, 6) is 0.819. The molecule has 0 aromatic heterocycles. The molecule has 6 nitrogen and oxygen atoms in total. The number of amides is 2. The molecule has 2 N–H and O–H groups in total. The number of ether oxygens (including phenoxy) is 2. The molecule has 2 aromatic rings. The van der Waals surface area contributed by atoms with E-state index in [-0.39, 0.29) is 25.2 Å². The maximum Gasteiger partial charge on any atom is 0.243 e. The second kappa shape index (κ2) is 8.38. The molecule has 1 aliphatic heterocycles. The van der Waals surface area contributed by atoms with E-state index in [0.29, 0.717) is 30.0 Å². The second-order valence-electron chi connectivity index (χ2n) is 6.06. The molecule has 0 aliphatic carbocycles. The number of hydrogen-bond acceptors (Lipinski definition) is 4. The highest BCUT2D eigenvalue weighted by atomic mass is 16.7. The van der Waals surface area contributed by atoms with Gasteiger partial charge in [-0.2, -0.15) is 0 Å². The predicted molar refractivity (Wildman–Crippen MR) is 98.3 cm³/mol. The maximum atomic E-state index is 12.0. The minimum absolute atomic E-state index is 0.0674. The number of hydrogen-bond donors (Lipinski definition) is 2. The summed E-state index contributed by atoms with van der Waals surface area (Å²) in [7, 11) is 0. The van der Waals surface area contributed by atoms with Crippen molar-refractivity contribution in [3.63, 3.8) is 0 Å². The van der Waals surface area contributed by atoms with E-state index >= 15 is 0 Å². The first kappa shape index (κ1) is 17.8. The number of anilines is 1. The van der Waals surface area contributed by atoms with E-state index < -0.39 is 0 Å². The lowest BCUT2D eigenvalue weighted by atomic mass is 10.1. The lowest BCUT2D eigenvalue weighted by molar-refractivity contribution is -0.124. The summed E-state index contributed by atoms with van der Waals surface area (Å²) >= 11 is 0. The first-order valence-electron chi connectivity index (χ1n) is 8.68. The van der Waals surface area contributed by atoms with Crippen LogP contribution in [0.4, 0.5) is 5.69 Å². The minimum Gasteiger partial charge on any atom is -0.454 e. The largest absolute Gasteiger partial charge is 0.454 e. The summed E-state index contributed by atoms with van der Waals surface area (Å²) in [6.07, 6.45) is 2.00. The van der Waals surface area contributed by atoms with E-state index in [1.165, 1.54) is 5.56 Å². The van der Waals surface area contributed by atoms with Crippen molar-refractivity contribution in [3.05, 3.63) is 53.6 Å². The second-order valence-corrected chi connectivity index (χ2v) is 6.06. The van der Waals surface area contributed by atoms with Crippen LogP contribution in [0.1, 0.15) is 24.5 Å². The molecular weight excluding hydrogens is 332 g/mol. The van der Waals surface area contributed by atoms with Crippen molar-refractivity contribution < 1.29 is 19.1 Å². The Morgan fingerprint density at radius 2 is 1.69 bits per heavy atom. The van der Waals surface area contributed by atoms with Gasteiger partial charge in [0, 0.05) is 18.2 Å². The molecule has 26 heavy (non-hydrogen) atoms. The zero-order chi connectivity index (χ0) is 18.4. The number of carbonyl (C=O) groups is 2. The van der Waals surface area contributed by atoms with Crippen LogP contribution >= 0.6 is 0 Å². The molecule has 0 saturated carbocycles. The molecular formula is C20H22N2O4. The number of carbonyl (C=O) groups excluding carboxylic acids is 2. The summed E-state index contributed by atoms with van der Waals surface area (Å²) in [4.78, 5) is 23.9. The molecule has 1 heterocycles. The molecule has 0 atom stereocenters. The fourth-order valence-electron chi connectivity index (χ4n) is 2.65. The molecule has 1 aliphatic rings. The van der Waals surface area contributed by atoms with Crippen LogP contribution in [-0.2, 0) is 22.4 Å². The van der Waals surface area contributed by atoms with Gasteiger partial charge in [-0.15, -0.1) is 0 Å². The van der Waals surface area contributed by atoms with Gasteiger partial charge in [0.2, 0.25) is 18.6 Å². The van der Waals surface area contributed by atoms with Gasteiger partial charge in [-0.1, -0.05) is 31.2 Å². The Morgan fingerprint density at radius 3 is 2.46 bits per heavy atom. The van der Waals surface area contributed by atoms with Crippen LogP contribution in [0.15, 0.2) is 42.5 Å². The molecule has 0 saturated heterocycles. The summed E-state index contributed by atoms with van der Waals surface area (Å²) in [5.41, 5.74) is 2.99. The van der Waals surface area contributed by atoms with Gasteiger partial charge in [0.15, 0.2) is 11.5 Å². The number of benzene rings is 2. The van der Waals surface area contributed by atoms with Gasteiger partial charge in [0.25, 0.3) is 0 Å². The fraction of sp³-hybridized carbons (Fsp3) is 0.300. The highest BCUT2D eigenvalue weighted by molar-refractivity contribution is 5.94. The van der Waals surface area contributed by atoms with E-state index in [1.807, 2.05) is 12.1 Å². The van der Waals surface area contributed by atoms with E-state index in [1.54, 1.807) is 18.2 Å². The SMILES string of the molecule is CCc1ccc(CCC(=O)NCC(=O)Nc2ccc3c(c2)OCO3)cc1. The van der Waals surface area contributed by atoms with Crippen LogP contribution in [0.3, 0.4) is 0 Å². The Balaban J connectivity index is 1.40. The lowest BCUT2D eigenvalue weighted by Gasteiger charge is -2.08. The van der Waals surface area contributed by atoms with E-state index in [2.05, 4.69) is 29.7 Å². The van der Waals surface area contributed by atoms with Crippen molar-refractivity contribution in [2.45, 2.75) is 26.2 Å². The van der Waals surface area contributed by atoms with Crippen LogP contribution in [0, 0.1) is 0 Å². The molecule has 136 valence electrons. The third kappa shape index (κ3) is 4.75. The van der Waals surface area contributed by atoms with Gasteiger partial charge >= 0.3 is 0 Å². The van der Waals surface area contributed by atoms with E-state index in [9.17, 15) is 9.59 Å². The number of nitrogens with one attached hydrogen (secondary N) is 2. The Morgan fingerprint density at radius 1 is 0.962 bits per heavy atom. The van der Waals surface area contributed by atoms with E-state index in [0.717, 1.165) is 12.0 Å². The quantitative estimate of drug-likeness (QED) is 0.801. The van der Waals surface area contributed by atoms with Crippen LogP contribution in [-0.4, -0.2) is 25.2 Å². The lowest BCUT2D eigenvalue weighted by Crippen LogP contribution is -2.32. The zero-order valence-corrected chi connectivity index (χ0v) is 14.7. The van der Waals surface area contributed by atoms with Gasteiger partial charge in [-0.25, -0.2) is 0 Å².